The molecule has 0 heterocycles. The van der Waals surface area contributed by atoms with Crippen molar-refractivity contribution < 1.29 is 32.2 Å². The van der Waals surface area contributed by atoms with E-state index in [1.165, 1.54) is 12.1 Å². The van der Waals surface area contributed by atoms with Crippen LogP contribution in [0.4, 0.5) is 18.9 Å². The molecule has 0 bridgehead atoms. The van der Waals surface area contributed by atoms with Gasteiger partial charge in [-0.15, -0.1) is 0 Å². The summed E-state index contributed by atoms with van der Waals surface area (Å²) in [7, 11) is 0. The highest BCUT2D eigenvalue weighted by Crippen LogP contribution is 2.24. The molecule has 7 nitrogen and oxygen atoms in total. The van der Waals surface area contributed by atoms with E-state index in [9.17, 15) is 22.8 Å². The molecule has 30 heavy (non-hydrogen) atoms. The van der Waals surface area contributed by atoms with Crippen molar-refractivity contribution in [2.24, 2.45) is 0 Å². The molecule has 0 aliphatic rings. The number of nitrogens with one attached hydrogen (secondary N) is 2. The number of hydrogen-bond acceptors (Lipinski definition) is 5. The monoisotopic (exact) mass is 421 g/mol. The highest BCUT2D eigenvalue weighted by Gasteiger charge is 2.28. The quantitative estimate of drug-likeness (QED) is 0.682. The topological polar surface area (TPSA) is 100 Å². The number of ether oxygens (including phenoxy) is 2. The van der Waals surface area contributed by atoms with Crippen molar-refractivity contribution in [3.8, 4) is 17.6 Å². The predicted molar refractivity (Wildman–Crippen MR) is 101 cm³/mol. The lowest BCUT2D eigenvalue weighted by Gasteiger charge is -2.12. The van der Waals surface area contributed by atoms with E-state index >= 15 is 0 Å². The second-order valence-corrected chi connectivity index (χ2v) is 5.91. The van der Waals surface area contributed by atoms with Crippen LogP contribution in [-0.2, 0) is 4.79 Å². The van der Waals surface area contributed by atoms with E-state index in [-0.39, 0.29) is 23.5 Å². The first-order valence-corrected chi connectivity index (χ1v) is 8.76. The standard InChI is InChI=1S/C20H18F3N3O4/c1-2-29-16-6-3-13(4-7-16)19(28)25-11-18(27)26-15-5-8-17(14(9-15)10-24)30-12-20(21,22)23/h3-9H,2,11-12H2,1H3,(H,25,28)(H,26,27). The van der Waals surface area contributed by atoms with Crippen molar-refractivity contribution in [3.05, 3.63) is 53.6 Å². The summed E-state index contributed by atoms with van der Waals surface area (Å²) in [5.74, 6) is -0.691. The Balaban J connectivity index is 1.91. The van der Waals surface area contributed by atoms with Crippen LogP contribution in [0, 0.1) is 11.3 Å². The normalized spacial score (nSPS) is 10.6. The van der Waals surface area contributed by atoms with Gasteiger partial charge in [0.2, 0.25) is 5.91 Å². The summed E-state index contributed by atoms with van der Waals surface area (Å²) in [5.41, 5.74) is 0.339. The summed E-state index contributed by atoms with van der Waals surface area (Å²) in [6, 6.07) is 11.7. The van der Waals surface area contributed by atoms with E-state index in [1.807, 2.05) is 6.92 Å². The molecule has 0 radical (unpaired) electrons. The number of hydrogen-bond donors (Lipinski definition) is 2. The van der Waals surface area contributed by atoms with Crippen LogP contribution in [0.3, 0.4) is 0 Å². The van der Waals surface area contributed by atoms with Crippen LogP contribution in [0.25, 0.3) is 0 Å². The second-order valence-electron chi connectivity index (χ2n) is 5.91. The molecule has 0 saturated carbocycles. The molecule has 10 heteroatoms. The van der Waals surface area contributed by atoms with Gasteiger partial charge in [-0.25, -0.2) is 0 Å². The molecule has 0 unspecified atom stereocenters. The van der Waals surface area contributed by atoms with Gasteiger partial charge in [-0.05, 0) is 49.4 Å². The maximum absolute atomic E-state index is 12.2. The first-order chi connectivity index (χ1) is 14.2. The Morgan fingerprint density at radius 3 is 2.40 bits per heavy atom. The van der Waals surface area contributed by atoms with Crippen LogP contribution >= 0.6 is 0 Å². The fourth-order valence-electron chi connectivity index (χ4n) is 2.32. The van der Waals surface area contributed by atoms with Crippen molar-refractivity contribution >= 4 is 17.5 Å². The Morgan fingerprint density at radius 2 is 1.80 bits per heavy atom. The number of carbonyl (C=O) groups is 2. The van der Waals surface area contributed by atoms with E-state index in [0.29, 0.717) is 17.9 Å². The van der Waals surface area contributed by atoms with Gasteiger partial charge in [-0.1, -0.05) is 0 Å². The SMILES string of the molecule is CCOc1ccc(C(=O)NCC(=O)Nc2ccc(OCC(F)(F)F)c(C#N)c2)cc1. The minimum Gasteiger partial charge on any atom is -0.494 e. The lowest BCUT2D eigenvalue weighted by molar-refractivity contribution is -0.153. The van der Waals surface area contributed by atoms with Crippen molar-refractivity contribution in [1.82, 2.24) is 5.32 Å². The molecule has 0 atom stereocenters. The number of nitrogens with zero attached hydrogens (tertiary/aromatic N) is 1. The molecular formula is C20H18F3N3O4. The number of rotatable bonds is 8. The molecule has 0 spiro atoms. The van der Waals surface area contributed by atoms with Gasteiger partial charge < -0.3 is 20.1 Å². The second kappa shape index (κ2) is 10.2. The van der Waals surface area contributed by atoms with E-state index in [4.69, 9.17) is 10.00 Å². The Morgan fingerprint density at radius 1 is 1.10 bits per heavy atom. The van der Waals surface area contributed by atoms with Gasteiger partial charge in [0.1, 0.15) is 17.6 Å². The number of nitriles is 1. The van der Waals surface area contributed by atoms with Gasteiger partial charge in [0.25, 0.3) is 5.91 Å². The van der Waals surface area contributed by atoms with Crippen LogP contribution < -0.4 is 20.1 Å². The number of alkyl halides is 3. The average molecular weight is 421 g/mol. The maximum atomic E-state index is 12.2. The number of carbonyl (C=O) groups excluding carboxylic acids is 2. The molecule has 0 fully saturated rings. The molecule has 158 valence electrons. The summed E-state index contributed by atoms with van der Waals surface area (Å²) in [4.78, 5) is 24.1. The molecule has 2 rings (SSSR count). The molecule has 2 aromatic carbocycles. The molecule has 0 aromatic heterocycles. The molecular weight excluding hydrogens is 403 g/mol. The zero-order valence-electron chi connectivity index (χ0n) is 15.9. The van der Waals surface area contributed by atoms with Crippen molar-refractivity contribution in [1.29, 1.82) is 5.26 Å². The fourth-order valence-corrected chi connectivity index (χ4v) is 2.32. The van der Waals surface area contributed by atoms with Gasteiger partial charge in [-0.3, -0.25) is 9.59 Å². The maximum Gasteiger partial charge on any atom is 0.422 e. The molecule has 2 N–H and O–H groups in total. The van der Waals surface area contributed by atoms with Crippen molar-refractivity contribution in [2.75, 3.05) is 25.1 Å². The van der Waals surface area contributed by atoms with Crippen LogP contribution in [0.15, 0.2) is 42.5 Å². The van der Waals surface area contributed by atoms with Crippen LogP contribution in [0.5, 0.6) is 11.5 Å². The Kier molecular flexibility index (Phi) is 7.63. The zero-order chi connectivity index (χ0) is 22.1. The predicted octanol–water partition coefficient (Wildman–Crippen LogP) is 3.27. The smallest absolute Gasteiger partial charge is 0.422 e. The van der Waals surface area contributed by atoms with Gasteiger partial charge in [-0.2, -0.15) is 18.4 Å². The average Bonchev–Trinajstić information content (AvgIpc) is 2.71. The van der Waals surface area contributed by atoms with Crippen LogP contribution in [0.1, 0.15) is 22.8 Å². The summed E-state index contributed by atoms with van der Waals surface area (Å²) < 4.78 is 46.6. The number of anilines is 1. The van der Waals surface area contributed by atoms with Gasteiger partial charge in [0.05, 0.1) is 18.7 Å². The van der Waals surface area contributed by atoms with Gasteiger partial charge >= 0.3 is 6.18 Å². The van der Waals surface area contributed by atoms with E-state index < -0.39 is 24.6 Å². The third-order valence-corrected chi connectivity index (χ3v) is 3.61. The molecule has 0 aliphatic heterocycles. The van der Waals surface area contributed by atoms with E-state index in [0.717, 1.165) is 6.07 Å². The summed E-state index contributed by atoms with van der Waals surface area (Å²) >= 11 is 0. The number of amides is 2. The van der Waals surface area contributed by atoms with Gasteiger partial charge in [0.15, 0.2) is 6.61 Å². The van der Waals surface area contributed by atoms with Gasteiger partial charge in [0, 0.05) is 11.3 Å². The Bertz CT molecular complexity index is 938. The summed E-state index contributed by atoms with van der Waals surface area (Å²) in [5, 5.41) is 14.0. The third-order valence-electron chi connectivity index (χ3n) is 3.61. The number of benzene rings is 2. The highest BCUT2D eigenvalue weighted by molar-refractivity contribution is 5.99. The van der Waals surface area contributed by atoms with Crippen LogP contribution in [0.2, 0.25) is 0 Å². The highest BCUT2D eigenvalue weighted by atomic mass is 19.4. The summed E-state index contributed by atoms with van der Waals surface area (Å²) in [6.45, 7) is 0.446. The number of halogens is 3. The largest absolute Gasteiger partial charge is 0.494 e. The lowest BCUT2D eigenvalue weighted by atomic mass is 10.2. The van der Waals surface area contributed by atoms with Crippen molar-refractivity contribution in [3.63, 3.8) is 0 Å². The molecule has 0 saturated heterocycles. The van der Waals surface area contributed by atoms with Crippen LogP contribution in [-0.4, -0.2) is 37.7 Å². The Labute approximate surface area is 170 Å². The first-order valence-electron chi connectivity index (χ1n) is 8.76. The lowest BCUT2D eigenvalue weighted by Crippen LogP contribution is -2.32. The Hall–Kier alpha value is -3.74. The zero-order valence-corrected chi connectivity index (χ0v) is 15.9. The first kappa shape index (κ1) is 22.5. The molecule has 2 amide bonds. The minimum absolute atomic E-state index is 0.171. The van der Waals surface area contributed by atoms with E-state index in [1.54, 1.807) is 30.3 Å². The summed E-state index contributed by atoms with van der Waals surface area (Å²) in [6.07, 6.45) is -4.54. The third kappa shape index (κ3) is 7.01. The fraction of sp³-hybridized carbons (Fsp3) is 0.250. The minimum atomic E-state index is -4.54. The molecule has 2 aromatic rings. The van der Waals surface area contributed by atoms with E-state index in [2.05, 4.69) is 15.4 Å². The van der Waals surface area contributed by atoms with Crippen molar-refractivity contribution in [2.45, 2.75) is 13.1 Å². The molecule has 0 aliphatic carbocycles.